The second kappa shape index (κ2) is 5.73. The lowest BCUT2D eigenvalue weighted by Crippen LogP contribution is -2.24. The third-order valence-corrected chi connectivity index (χ3v) is 4.42. The van der Waals surface area contributed by atoms with Crippen LogP contribution >= 0.6 is 27.7 Å². The molecule has 4 nitrogen and oxygen atoms in total. The van der Waals surface area contributed by atoms with Crippen molar-refractivity contribution in [2.45, 2.75) is 18.9 Å². The number of anilines is 1. The maximum absolute atomic E-state index is 10.7. The van der Waals surface area contributed by atoms with Crippen LogP contribution in [0.1, 0.15) is 12.8 Å². The van der Waals surface area contributed by atoms with Gasteiger partial charge in [0, 0.05) is 17.8 Å². The van der Waals surface area contributed by atoms with Crippen LogP contribution in [0.15, 0.2) is 22.7 Å². The zero-order valence-corrected chi connectivity index (χ0v) is 11.6. The number of hydrogen-bond donors (Lipinski definition) is 1. The highest BCUT2D eigenvalue weighted by atomic mass is 79.9. The summed E-state index contributed by atoms with van der Waals surface area (Å²) in [5.41, 5.74) is 1.05. The number of benzene rings is 1. The minimum atomic E-state index is -0.384. The number of nitrogens with zero attached hydrogens (tertiary/aromatic N) is 1. The minimum absolute atomic E-state index is 0.106. The second-order valence-electron chi connectivity index (χ2n) is 3.95. The first-order valence-corrected chi connectivity index (χ1v) is 7.40. The summed E-state index contributed by atoms with van der Waals surface area (Å²) in [7, 11) is 0. The van der Waals surface area contributed by atoms with Crippen molar-refractivity contribution in [3.8, 4) is 0 Å². The van der Waals surface area contributed by atoms with E-state index in [9.17, 15) is 10.1 Å². The van der Waals surface area contributed by atoms with Crippen molar-refractivity contribution >= 4 is 39.1 Å². The lowest BCUT2D eigenvalue weighted by atomic mass is 10.1. The van der Waals surface area contributed by atoms with Crippen LogP contribution < -0.4 is 5.32 Å². The molecule has 0 aromatic heterocycles. The Hall–Kier alpha value is -0.750. The number of halogens is 1. The average Bonchev–Trinajstić information content (AvgIpc) is 2.30. The van der Waals surface area contributed by atoms with Gasteiger partial charge in [-0.1, -0.05) is 0 Å². The summed E-state index contributed by atoms with van der Waals surface area (Å²) in [6.45, 7) is 0. The van der Waals surface area contributed by atoms with Crippen LogP contribution in [0.2, 0.25) is 0 Å². The molecule has 0 spiro atoms. The fourth-order valence-electron chi connectivity index (χ4n) is 1.82. The first-order chi connectivity index (χ1) is 8.16. The minimum Gasteiger partial charge on any atom is -0.382 e. The standard InChI is InChI=1S/C11H13BrN2O2S/c12-10-7-9(1-2-11(10)14(15)16)13-8-3-5-17-6-4-8/h1-2,7-8,13H,3-6H2. The lowest BCUT2D eigenvalue weighted by Gasteiger charge is -2.23. The van der Waals surface area contributed by atoms with E-state index >= 15 is 0 Å². The Morgan fingerprint density at radius 3 is 2.71 bits per heavy atom. The van der Waals surface area contributed by atoms with Gasteiger partial charge in [-0.2, -0.15) is 11.8 Å². The monoisotopic (exact) mass is 316 g/mol. The molecule has 1 fully saturated rings. The summed E-state index contributed by atoms with van der Waals surface area (Å²) in [5, 5.41) is 14.1. The highest BCUT2D eigenvalue weighted by Crippen LogP contribution is 2.29. The van der Waals surface area contributed by atoms with Crippen LogP contribution in [0.5, 0.6) is 0 Å². The molecule has 0 bridgehead atoms. The van der Waals surface area contributed by atoms with Gasteiger partial charge in [0.2, 0.25) is 0 Å². The van der Waals surface area contributed by atoms with E-state index in [4.69, 9.17) is 0 Å². The number of hydrogen-bond acceptors (Lipinski definition) is 4. The van der Waals surface area contributed by atoms with Crippen LogP contribution in [-0.2, 0) is 0 Å². The highest BCUT2D eigenvalue weighted by molar-refractivity contribution is 9.10. The number of thioether (sulfide) groups is 1. The average molecular weight is 317 g/mol. The molecule has 17 heavy (non-hydrogen) atoms. The number of nitro benzene ring substituents is 1. The van der Waals surface area contributed by atoms with E-state index in [1.165, 1.54) is 17.6 Å². The Morgan fingerprint density at radius 1 is 1.41 bits per heavy atom. The third kappa shape index (κ3) is 3.35. The summed E-state index contributed by atoms with van der Waals surface area (Å²) >= 11 is 5.21. The van der Waals surface area contributed by atoms with Crippen LogP contribution in [0, 0.1) is 10.1 Å². The van der Waals surface area contributed by atoms with Gasteiger partial charge in [-0.15, -0.1) is 0 Å². The van der Waals surface area contributed by atoms with Crippen molar-refractivity contribution in [2.24, 2.45) is 0 Å². The molecule has 1 heterocycles. The summed E-state index contributed by atoms with van der Waals surface area (Å²) in [5.74, 6) is 2.37. The molecular formula is C11H13BrN2O2S. The largest absolute Gasteiger partial charge is 0.382 e. The molecule has 1 aliphatic heterocycles. The van der Waals surface area contributed by atoms with Gasteiger partial charge in [-0.05, 0) is 52.4 Å². The molecule has 1 N–H and O–H groups in total. The van der Waals surface area contributed by atoms with Gasteiger partial charge >= 0.3 is 0 Å². The van der Waals surface area contributed by atoms with Crippen molar-refractivity contribution < 1.29 is 4.92 Å². The third-order valence-electron chi connectivity index (χ3n) is 2.74. The Balaban J connectivity index is 2.06. The zero-order chi connectivity index (χ0) is 12.3. The Labute approximate surface area is 112 Å². The summed E-state index contributed by atoms with van der Waals surface area (Å²) in [4.78, 5) is 10.3. The van der Waals surface area contributed by atoms with Gasteiger partial charge in [-0.3, -0.25) is 10.1 Å². The lowest BCUT2D eigenvalue weighted by molar-refractivity contribution is -0.385. The van der Waals surface area contributed by atoms with E-state index in [-0.39, 0.29) is 10.6 Å². The molecule has 2 rings (SSSR count). The van der Waals surface area contributed by atoms with E-state index in [1.807, 2.05) is 11.8 Å². The predicted octanol–water partition coefficient (Wildman–Crippen LogP) is 3.66. The van der Waals surface area contributed by atoms with Crippen LogP contribution in [0.4, 0.5) is 11.4 Å². The fourth-order valence-corrected chi connectivity index (χ4v) is 3.45. The highest BCUT2D eigenvalue weighted by Gasteiger charge is 2.15. The SMILES string of the molecule is O=[N+]([O-])c1ccc(NC2CCSCC2)cc1Br. The van der Waals surface area contributed by atoms with Gasteiger partial charge in [0.1, 0.15) is 0 Å². The molecule has 0 saturated carbocycles. The van der Waals surface area contributed by atoms with Gasteiger partial charge in [-0.25, -0.2) is 0 Å². The number of nitrogens with one attached hydrogen (secondary N) is 1. The molecule has 0 atom stereocenters. The van der Waals surface area contributed by atoms with Crippen molar-refractivity contribution in [3.63, 3.8) is 0 Å². The fraction of sp³-hybridized carbons (Fsp3) is 0.455. The molecule has 92 valence electrons. The Bertz CT molecular complexity index is 422. The first-order valence-electron chi connectivity index (χ1n) is 5.45. The number of rotatable bonds is 3. The molecule has 0 amide bonds. The quantitative estimate of drug-likeness (QED) is 0.683. The van der Waals surface area contributed by atoms with Gasteiger partial charge in [0.05, 0.1) is 9.40 Å². The van der Waals surface area contributed by atoms with Crippen molar-refractivity contribution in [1.29, 1.82) is 0 Å². The van der Waals surface area contributed by atoms with Gasteiger partial charge in [0.25, 0.3) is 5.69 Å². The molecule has 1 aromatic carbocycles. The maximum atomic E-state index is 10.7. The van der Waals surface area contributed by atoms with Gasteiger partial charge < -0.3 is 5.32 Å². The summed E-state index contributed by atoms with van der Waals surface area (Å²) < 4.78 is 0.526. The van der Waals surface area contributed by atoms with E-state index < -0.39 is 0 Å². The van der Waals surface area contributed by atoms with E-state index in [1.54, 1.807) is 12.1 Å². The van der Waals surface area contributed by atoms with E-state index in [0.717, 1.165) is 18.5 Å². The van der Waals surface area contributed by atoms with E-state index in [0.29, 0.717) is 10.5 Å². The second-order valence-corrected chi connectivity index (χ2v) is 6.03. The van der Waals surface area contributed by atoms with Crippen molar-refractivity contribution in [2.75, 3.05) is 16.8 Å². The molecular weight excluding hydrogens is 304 g/mol. The molecule has 1 aliphatic rings. The summed E-state index contributed by atoms with van der Waals surface area (Å²) in [6.07, 6.45) is 2.30. The normalized spacial score (nSPS) is 16.8. The first kappa shape index (κ1) is 12.7. The van der Waals surface area contributed by atoms with Gasteiger partial charge in [0.15, 0.2) is 0 Å². The molecule has 0 aliphatic carbocycles. The van der Waals surface area contributed by atoms with Crippen molar-refractivity contribution in [3.05, 3.63) is 32.8 Å². The topological polar surface area (TPSA) is 55.2 Å². The van der Waals surface area contributed by atoms with Crippen LogP contribution in [0.25, 0.3) is 0 Å². The smallest absolute Gasteiger partial charge is 0.283 e. The zero-order valence-electron chi connectivity index (χ0n) is 9.19. The maximum Gasteiger partial charge on any atom is 0.283 e. The Morgan fingerprint density at radius 2 is 2.12 bits per heavy atom. The summed E-state index contributed by atoms with van der Waals surface area (Å²) in [6, 6.07) is 5.57. The van der Waals surface area contributed by atoms with E-state index in [2.05, 4.69) is 21.2 Å². The van der Waals surface area contributed by atoms with Crippen molar-refractivity contribution in [1.82, 2.24) is 0 Å². The predicted molar refractivity (Wildman–Crippen MR) is 74.8 cm³/mol. The molecule has 1 saturated heterocycles. The molecule has 0 unspecified atom stereocenters. The number of nitro groups is 1. The molecule has 0 radical (unpaired) electrons. The Kier molecular flexibility index (Phi) is 4.28. The molecule has 1 aromatic rings. The van der Waals surface area contributed by atoms with Crippen LogP contribution in [0.3, 0.4) is 0 Å². The van der Waals surface area contributed by atoms with Crippen LogP contribution in [-0.4, -0.2) is 22.5 Å². The molecule has 6 heteroatoms.